The van der Waals surface area contributed by atoms with Crippen molar-refractivity contribution in [2.24, 2.45) is 0 Å². The minimum Gasteiger partial charge on any atom is -0.369 e. The summed E-state index contributed by atoms with van der Waals surface area (Å²) in [6.07, 6.45) is 6.63. The van der Waals surface area contributed by atoms with Crippen LogP contribution in [-0.2, 0) is 4.74 Å². The molecule has 0 amide bonds. The molecule has 0 heterocycles. The fourth-order valence-corrected chi connectivity index (χ4v) is 2.54. The molecule has 1 N–H and O–H groups in total. The zero-order valence-corrected chi connectivity index (χ0v) is 13.7. The highest BCUT2D eigenvalue weighted by molar-refractivity contribution is 6.30. The van der Waals surface area contributed by atoms with Crippen molar-refractivity contribution >= 4 is 11.6 Å². The van der Waals surface area contributed by atoms with Crippen molar-refractivity contribution < 1.29 is 4.74 Å². The number of halogens is 1. The summed E-state index contributed by atoms with van der Waals surface area (Å²) in [7, 11) is 1.95. The van der Waals surface area contributed by atoms with Gasteiger partial charge >= 0.3 is 0 Å². The van der Waals surface area contributed by atoms with Gasteiger partial charge in [0.2, 0.25) is 0 Å². The predicted molar refractivity (Wildman–Crippen MR) is 87.4 cm³/mol. The van der Waals surface area contributed by atoms with Gasteiger partial charge in [0.15, 0.2) is 0 Å². The molecule has 2 unspecified atom stereocenters. The Hall–Kier alpha value is -0.570. The van der Waals surface area contributed by atoms with Crippen LogP contribution in [-0.4, -0.2) is 19.7 Å². The highest BCUT2D eigenvalue weighted by atomic mass is 35.5. The van der Waals surface area contributed by atoms with Crippen LogP contribution in [0.15, 0.2) is 24.3 Å². The Bertz CT molecular complexity index is 370. The predicted octanol–water partition coefficient (Wildman–Crippen LogP) is 4.98. The summed E-state index contributed by atoms with van der Waals surface area (Å²) in [5, 5.41) is 3.97. The Morgan fingerprint density at radius 3 is 2.70 bits per heavy atom. The average molecular weight is 298 g/mol. The van der Waals surface area contributed by atoms with E-state index >= 15 is 0 Å². The standard InChI is InChI=1S/C17H28ClNO/c1-4-5-6-7-9-14(2)20-17(13-19-3)15-10-8-11-16(18)12-15/h8,10-12,14,17,19H,4-7,9,13H2,1-3H3. The van der Waals surface area contributed by atoms with Gasteiger partial charge in [0.05, 0.1) is 12.2 Å². The molecule has 0 fully saturated rings. The normalized spacial score (nSPS) is 14.2. The lowest BCUT2D eigenvalue weighted by molar-refractivity contribution is -0.00719. The number of nitrogens with one attached hydrogen (secondary N) is 1. The molecule has 0 aliphatic heterocycles. The second-order valence-corrected chi connectivity index (χ2v) is 5.83. The summed E-state index contributed by atoms with van der Waals surface area (Å²) in [5.74, 6) is 0. The number of rotatable bonds is 10. The lowest BCUT2D eigenvalue weighted by Crippen LogP contribution is -2.23. The zero-order valence-electron chi connectivity index (χ0n) is 13.0. The Morgan fingerprint density at radius 2 is 2.05 bits per heavy atom. The lowest BCUT2D eigenvalue weighted by Gasteiger charge is -2.23. The number of benzene rings is 1. The van der Waals surface area contributed by atoms with E-state index < -0.39 is 0 Å². The Morgan fingerprint density at radius 1 is 1.25 bits per heavy atom. The highest BCUT2D eigenvalue weighted by Crippen LogP contribution is 2.23. The Kier molecular flexibility index (Phi) is 8.92. The molecule has 0 radical (unpaired) electrons. The van der Waals surface area contributed by atoms with Crippen molar-refractivity contribution in [3.8, 4) is 0 Å². The summed E-state index contributed by atoms with van der Waals surface area (Å²) in [5.41, 5.74) is 1.15. The van der Waals surface area contributed by atoms with Crippen LogP contribution in [0.5, 0.6) is 0 Å². The van der Waals surface area contributed by atoms with E-state index in [-0.39, 0.29) is 12.2 Å². The quantitative estimate of drug-likeness (QED) is 0.615. The van der Waals surface area contributed by atoms with Gasteiger partial charge in [-0.05, 0) is 38.1 Å². The maximum absolute atomic E-state index is 6.19. The van der Waals surface area contributed by atoms with E-state index in [4.69, 9.17) is 16.3 Å². The molecule has 2 nitrogen and oxygen atoms in total. The molecule has 0 spiro atoms. The topological polar surface area (TPSA) is 21.3 Å². The van der Waals surface area contributed by atoms with E-state index in [2.05, 4.69) is 25.2 Å². The molecule has 114 valence electrons. The van der Waals surface area contributed by atoms with Crippen molar-refractivity contribution in [3.63, 3.8) is 0 Å². The number of unbranched alkanes of at least 4 members (excludes halogenated alkanes) is 3. The SMILES string of the molecule is CCCCCCC(C)OC(CNC)c1cccc(Cl)c1. The Balaban J connectivity index is 2.49. The molecule has 1 rings (SSSR count). The summed E-state index contributed by atoms with van der Waals surface area (Å²) < 4.78 is 6.19. The average Bonchev–Trinajstić information content (AvgIpc) is 2.43. The first-order valence-electron chi connectivity index (χ1n) is 7.72. The minimum atomic E-state index is 0.0693. The third kappa shape index (κ3) is 6.74. The molecule has 1 aromatic carbocycles. The fourth-order valence-electron chi connectivity index (χ4n) is 2.34. The second kappa shape index (κ2) is 10.2. The molecule has 2 atom stereocenters. The van der Waals surface area contributed by atoms with Crippen molar-refractivity contribution in [2.75, 3.05) is 13.6 Å². The molecule has 0 saturated heterocycles. The summed E-state index contributed by atoms with van der Waals surface area (Å²) in [4.78, 5) is 0. The van der Waals surface area contributed by atoms with Crippen LogP contribution in [0.4, 0.5) is 0 Å². The first kappa shape index (κ1) is 17.5. The molecule has 0 aliphatic carbocycles. The van der Waals surface area contributed by atoms with Gasteiger partial charge < -0.3 is 10.1 Å². The fraction of sp³-hybridized carbons (Fsp3) is 0.647. The van der Waals surface area contributed by atoms with Gasteiger partial charge in [-0.25, -0.2) is 0 Å². The largest absolute Gasteiger partial charge is 0.369 e. The van der Waals surface area contributed by atoms with Crippen molar-refractivity contribution in [1.29, 1.82) is 0 Å². The highest BCUT2D eigenvalue weighted by Gasteiger charge is 2.15. The van der Waals surface area contributed by atoms with E-state index in [9.17, 15) is 0 Å². The number of hydrogen-bond acceptors (Lipinski definition) is 2. The van der Waals surface area contributed by atoms with Gasteiger partial charge in [0.1, 0.15) is 0 Å². The van der Waals surface area contributed by atoms with Crippen LogP contribution in [0.2, 0.25) is 5.02 Å². The third-order valence-electron chi connectivity index (χ3n) is 3.47. The molecule has 1 aromatic rings. The first-order valence-corrected chi connectivity index (χ1v) is 8.10. The molecule has 20 heavy (non-hydrogen) atoms. The number of likely N-dealkylation sites (N-methyl/N-ethyl adjacent to an activating group) is 1. The first-order chi connectivity index (χ1) is 9.67. The number of ether oxygens (including phenoxy) is 1. The van der Waals surface area contributed by atoms with Crippen LogP contribution >= 0.6 is 11.6 Å². The van der Waals surface area contributed by atoms with Crippen molar-refractivity contribution in [3.05, 3.63) is 34.9 Å². The van der Waals surface area contributed by atoms with Gasteiger partial charge in [0, 0.05) is 11.6 Å². The molecule has 0 aliphatic rings. The molecule has 0 aromatic heterocycles. The van der Waals surface area contributed by atoms with Crippen LogP contribution in [0.1, 0.15) is 57.6 Å². The number of hydrogen-bond donors (Lipinski definition) is 1. The molecular weight excluding hydrogens is 270 g/mol. The maximum Gasteiger partial charge on any atom is 0.0953 e. The lowest BCUT2D eigenvalue weighted by atomic mass is 10.1. The van der Waals surface area contributed by atoms with E-state index in [0.717, 1.165) is 23.6 Å². The third-order valence-corrected chi connectivity index (χ3v) is 3.71. The van der Waals surface area contributed by atoms with Gasteiger partial charge in [-0.2, -0.15) is 0 Å². The van der Waals surface area contributed by atoms with Crippen LogP contribution in [0.25, 0.3) is 0 Å². The van der Waals surface area contributed by atoms with Crippen molar-refractivity contribution in [2.45, 2.75) is 58.2 Å². The molecule has 0 saturated carbocycles. The molecule has 3 heteroatoms. The van der Waals surface area contributed by atoms with E-state index in [1.165, 1.54) is 25.7 Å². The molecular formula is C17H28ClNO. The summed E-state index contributed by atoms with van der Waals surface area (Å²) in [6.45, 7) is 5.21. The molecule has 0 bridgehead atoms. The maximum atomic E-state index is 6.19. The Labute approximate surface area is 128 Å². The minimum absolute atomic E-state index is 0.0693. The van der Waals surface area contributed by atoms with E-state index in [1.54, 1.807) is 0 Å². The van der Waals surface area contributed by atoms with E-state index in [0.29, 0.717) is 0 Å². The van der Waals surface area contributed by atoms with Crippen LogP contribution in [0.3, 0.4) is 0 Å². The monoisotopic (exact) mass is 297 g/mol. The smallest absolute Gasteiger partial charge is 0.0953 e. The van der Waals surface area contributed by atoms with Gasteiger partial charge in [-0.1, -0.05) is 56.3 Å². The summed E-state index contributed by atoms with van der Waals surface area (Å²) in [6, 6.07) is 7.95. The summed E-state index contributed by atoms with van der Waals surface area (Å²) >= 11 is 6.07. The van der Waals surface area contributed by atoms with E-state index in [1.807, 2.05) is 25.2 Å². The van der Waals surface area contributed by atoms with Crippen molar-refractivity contribution in [1.82, 2.24) is 5.32 Å². The van der Waals surface area contributed by atoms with Gasteiger partial charge in [0.25, 0.3) is 0 Å². The zero-order chi connectivity index (χ0) is 14.8. The van der Waals surface area contributed by atoms with Crippen LogP contribution in [0, 0.1) is 0 Å². The van der Waals surface area contributed by atoms with Gasteiger partial charge in [-0.15, -0.1) is 0 Å². The van der Waals surface area contributed by atoms with Crippen LogP contribution < -0.4 is 5.32 Å². The second-order valence-electron chi connectivity index (χ2n) is 5.40. The van der Waals surface area contributed by atoms with Gasteiger partial charge in [-0.3, -0.25) is 0 Å².